The predicted octanol–water partition coefficient (Wildman–Crippen LogP) is 4.36. The van der Waals surface area contributed by atoms with Crippen LogP contribution in [0.1, 0.15) is 5.56 Å². The van der Waals surface area contributed by atoms with E-state index in [2.05, 4.69) is 20.3 Å². The van der Waals surface area contributed by atoms with Gasteiger partial charge in [0.2, 0.25) is 17.7 Å². The molecule has 0 spiro atoms. The molecule has 2 aromatic heterocycles. The number of pyridine rings is 1. The van der Waals surface area contributed by atoms with Gasteiger partial charge in [-0.25, -0.2) is 14.4 Å². The minimum atomic E-state index is -4.46. The highest BCUT2D eigenvalue weighted by Gasteiger charge is 2.29. The van der Waals surface area contributed by atoms with Crippen LogP contribution in [0.3, 0.4) is 0 Å². The van der Waals surface area contributed by atoms with E-state index in [1.54, 1.807) is 12.1 Å². The maximum Gasteiger partial charge on any atom is 0.422 e. The zero-order chi connectivity index (χ0) is 20.0. The van der Waals surface area contributed by atoms with E-state index in [1.807, 2.05) is 0 Å². The molecule has 2 heterocycles. The van der Waals surface area contributed by atoms with Gasteiger partial charge in [0.15, 0.2) is 6.61 Å². The van der Waals surface area contributed by atoms with Crippen LogP contribution in [0.2, 0.25) is 0 Å². The SMILES string of the molecule is Fc1ccc(Oc2ccnc(NCc3cccnc3OCC(F)(F)F)n2)cc1. The fourth-order valence-electron chi connectivity index (χ4n) is 2.12. The van der Waals surface area contributed by atoms with Crippen LogP contribution < -0.4 is 14.8 Å². The van der Waals surface area contributed by atoms with Gasteiger partial charge in [0.1, 0.15) is 11.6 Å². The molecule has 0 aliphatic heterocycles. The summed E-state index contributed by atoms with van der Waals surface area (Å²) >= 11 is 0. The summed E-state index contributed by atoms with van der Waals surface area (Å²) in [6.45, 7) is -1.35. The minimum absolute atomic E-state index is 0.0844. The van der Waals surface area contributed by atoms with Gasteiger partial charge in [0, 0.05) is 30.6 Å². The molecule has 0 radical (unpaired) electrons. The van der Waals surface area contributed by atoms with E-state index in [0.29, 0.717) is 11.3 Å². The molecule has 0 atom stereocenters. The highest BCUT2D eigenvalue weighted by atomic mass is 19.4. The summed E-state index contributed by atoms with van der Waals surface area (Å²) < 4.78 is 60.2. The first-order chi connectivity index (χ1) is 13.4. The molecule has 1 N–H and O–H groups in total. The second kappa shape index (κ2) is 8.51. The second-order valence-electron chi connectivity index (χ2n) is 5.50. The number of aromatic nitrogens is 3. The van der Waals surface area contributed by atoms with Crippen molar-refractivity contribution in [1.29, 1.82) is 0 Å². The molecule has 146 valence electrons. The van der Waals surface area contributed by atoms with Gasteiger partial charge in [-0.05, 0) is 30.3 Å². The molecular formula is C18H14F4N4O2. The summed E-state index contributed by atoms with van der Waals surface area (Å²) in [5, 5.41) is 2.87. The minimum Gasteiger partial charge on any atom is -0.468 e. The van der Waals surface area contributed by atoms with E-state index in [1.165, 1.54) is 42.7 Å². The Hall–Kier alpha value is -3.43. The molecule has 6 nitrogen and oxygen atoms in total. The number of alkyl halides is 3. The molecule has 0 saturated heterocycles. The van der Waals surface area contributed by atoms with E-state index in [-0.39, 0.29) is 24.3 Å². The Kier molecular flexibility index (Phi) is 5.87. The third kappa shape index (κ3) is 5.79. The molecule has 3 rings (SSSR count). The van der Waals surface area contributed by atoms with Gasteiger partial charge in [-0.3, -0.25) is 0 Å². The Morgan fingerprint density at radius 3 is 2.50 bits per heavy atom. The number of ether oxygens (including phenoxy) is 2. The van der Waals surface area contributed by atoms with Crippen LogP contribution in [0.4, 0.5) is 23.5 Å². The van der Waals surface area contributed by atoms with Crippen molar-refractivity contribution in [3.8, 4) is 17.5 Å². The van der Waals surface area contributed by atoms with Gasteiger partial charge in [-0.15, -0.1) is 0 Å². The van der Waals surface area contributed by atoms with Crippen molar-refractivity contribution in [2.45, 2.75) is 12.7 Å². The normalized spacial score (nSPS) is 11.1. The Labute approximate surface area is 157 Å². The monoisotopic (exact) mass is 394 g/mol. The van der Waals surface area contributed by atoms with Crippen molar-refractivity contribution in [2.75, 3.05) is 11.9 Å². The molecule has 0 aliphatic rings. The molecule has 0 aliphatic carbocycles. The molecule has 0 saturated carbocycles. The third-order valence-corrected chi connectivity index (χ3v) is 3.33. The van der Waals surface area contributed by atoms with Crippen LogP contribution in [-0.2, 0) is 6.54 Å². The highest BCUT2D eigenvalue weighted by Crippen LogP contribution is 2.22. The summed E-state index contributed by atoms with van der Waals surface area (Å²) in [5.41, 5.74) is 0.403. The summed E-state index contributed by atoms with van der Waals surface area (Å²) in [7, 11) is 0. The van der Waals surface area contributed by atoms with E-state index >= 15 is 0 Å². The summed E-state index contributed by atoms with van der Waals surface area (Å²) in [5.74, 6) is 0.263. The molecular weight excluding hydrogens is 380 g/mol. The number of hydrogen-bond donors (Lipinski definition) is 1. The number of anilines is 1. The number of halogens is 4. The maximum atomic E-state index is 12.9. The van der Waals surface area contributed by atoms with Crippen LogP contribution in [0.15, 0.2) is 54.9 Å². The predicted molar refractivity (Wildman–Crippen MR) is 91.6 cm³/mol. The standard InChI is InChI=1S/C18H14F4N4O2/c19-13-3-5-14(6-4-13)28-15-7-9-24-17(26-15)25-10-12-2-1-8-23-16(12)27-11-18(20,21)22/h1-9H,10-11H2,(H,24,25,26). The molecule has 10 heteroatoms. The average molecular weight is 394 g/mol. The van der Waals surface area contributed by atoms with Crippen molar-refractivity contribution in [3.05, 3.63) is 66.2 Å². The molecule has 0 amide bonds. The topological polar surface area (TPSA) is 69.2 Å². The summed E-state index contributed by atoms with van der Waals surface area (Å²) in [4.78, 5) is 12.0. The van der Waals surface area contributed by atoms with Crippen LogP contribution >= 0.6 is 0 Å². The zero-order valence-corrected chi connectivity index (χ0v) is 14.3. The quantitative estimate of drug-likeness (QED) is 0.601. The number of rotatable bonds is 7. The first-order valence-corrected chi connectivity index (χ1v) is 8.03. The maximum absolute atomic E-state index is 12.9. The van der Waals surface area contributed by atoms with Crippen LogP contribution in [0.25, 0.3) is 0 Å². The fourth-order valence-corrected chi connectivity index (χ4v) is 2.12. The Morgan fingerprint density at radius 2 is 1.75 bits per heavy atom. The van der Waals surface area contributed by atoms with Crippen molar-refractivity contribution < 1.29 is 27.0 Å². The van der Waals surface area contributed by atoms with E-state index in [0.717, 1.165) is 0 Å². The fraction of sp³-hybridized carbons (Fsp3) is 0.167. The van der Waals surface area contributed by atoms with Crippen molar-refractivity contribution in [2.24, 2.45) is 0 Å². The zero-order valence-electron chi connectivity index (χ0n) is 14.3. The van der Waals surface area contributed by atoms with Crippen molar-refractivity contribution in [3.63, 3.8) is 0 Å². The molecule has 28 heavy (non-hydrogen) atoms. The largest absolute Gasteiger partial charge is 0.468 e. The Balaban J connectivity index is 1.64. The highest BCUT2D eigenvalue weighted by molar-refractivity contribution is 5.34. The summed E-state index contributed by atoms with van der Waals surface area (Å²) in [6.07, 6.45) is -1.68. The first kappa shape index (κ1) is 19.3. The van der Waals surface area contributed by atoms with Crippen molar-refractivity contribution >= 4 is 5.95 Å². The van der Waals surface area contributed by atoms with Gasteiger partial charge in [0.25, 0.3) is 0 Å². The Morgan fingerprint density at radius 1 is 0.964 bits per heavy atom. The summed E-state index contributed by atoms with van der Waals surface area (Å²) in [6, 6.07) is 10.1. The van der Waals surface area contributed by atoms with Gasteiger partial charge >= 0.3 is 6.18 Å². The average Bonchev–Trinajstić information content (AvgIpc) is 2.67. The number of nitrogens with one attached hydrogen (secondary N) is 1. The van der Waals surface area contributed by atoms with E-state index in [4.69, 9.17) is 9.47 Å². The third-order valence-electron chi connectivity index (χ3n) is 3.33. The lowest BCUT2D eigenvalue weighted by molar-refractivity contribution is -0.154. The molecule has 3 aromatic rings. The van der Waals surface area contributed by atoms with Crippen LogP contribution in [0.5, 0.6) is 17.5 Å². The molecule has 1 aromatic carbocycles. The van der Waals surface area contributed by atoms with Crippen molar-refractivity contribution in [1.82, 2.24) is 15.0 Å². The first-order valence-electron chi connectivity index (χ1n) is 8.03. The van der Waals surface area contributed by atoms with Gasteiger partial charge in [-0.2, -0.15) is 18.2 Å². The molecule has 0 unspecified atom stereocenters. The number of benzene rings is 1. The molecule has 0 fully saturated rings. The van der Waals surface area contributed by atoms with E-state index in [9.17, 15) is 17.6 Å². The number of nitrogens with zero attached hydrogens (tertiary/aromatic N) is 3. The lowest BCUT2D eigenvalue weighted by atomic mass is 10.2. The Bertz CT molecular complexity index is 920. The van der Waals surface area contributed by atoms with Gasteiger partial charge in [-0.1, -0.05) is 6.07 Å². The van der Waals surface area contributed by atoms with Crippen LogP contribution in [0, 0.1) is 5.82 Å². The lowest BCUT2D eigenvalue weighted by Crippen LogP contribution is -2.20. The number of hydrogen-bond acceptors (Lipinski definition) is 6. The van der Waals surface area contributed by atoms with Crippen LogP contribution in [-0.4, -0.2) is 27.7 Å². The molecule has 0 bridgehead atoms. The lowest BCUT2D eigenvalue weighted by Gasteiger charge is -2.12. The van der Waals surface area contributed by atoms with Gasteiger partial charge < -0.3 is 14.8 Å². The van der Waals surface area contributed by atoms with E-state index < -0.39 is 18.6 Å². The second-order valence-corrected chi connectivity index (χ2v) is 5.50. The smallest absolute Gasteiger partial charge is 0.422 e. The van der Waals surface area contributed by atoms with Gasteiger partial charge in [0.05, 0.1) is 0 Å².